The van der Waals surface area contributed by atoms with E-state index in [-0.39, 0.29) is 23.5 Å². The predicted octanol–water partition coefficient (Wildman–Crippen LogP) is 4.55. The molecule has 12 heteroatoms. The highest BCUT2D eigenvalue weighted by atomic mass is 19.4. The van der Waals surface area contributed by atoms with E-state index in [9.17, 15) is 26.3 Å². The van der Waals surface area contributed by atoms with Crippen LogP contribution in [0.3, 0.4) is 0 Å². The fourth-order valence-electron chi connectivity index (χ4n) is 3.70. The molecule has 0 radical (unpaired) electrons. The molecule has 0 amide bonds. The Labute approximate surface area is 172 Å². The van der Waals surface area contributed by atoms with Gasteiger partial charge in [-0.25, -0.2) is 15.0 Å². The number of benzene rings is 1. The van der Waals surface area contributed by atoms with Crippen LogP contribution in [0, 0.1) is 0 Å². The van der Waals surface area contributed by atoms with Crippen molar-refractivity contribution in [2.45, 2.75) is 30.6 Å². The summed E-state index contributed by atoms with van der Waals surface area (Å²) in [5.41, 5.74) is -1.11. The third kappa shape index (κ3) is 4.29. The quantitative estimate of drug-likeness (QED) is 0.577. The fourth-order valence-corrected chi connectivity index (χ4v) is 3.70. The Balaban J connectivity index is 1.70. The van der Waals surface area contributed by atoms with E-state index in [4.69, 9.17) is 4.74 Å². The van der Waals surface area contributed by atoms with Gasteiger partial charge in [-0.1, -0.05) is 18.2 Å². The smallest absolute Gasteiger partial charge is 0.381 e. The second kappa shape index (κ2) is 7.66. The van der Waals surface area contributed by atoms with E-state index in [1.54, 1.807) is 6.07 Å². The molecule has 1 saturated heterocycles. The number of alkyl halides is 6. The number of aromatic nitrogens is 4. The maximum Gasteiger partial charge on any atom is 0.451 e. The number of nitrogens with one attached hydrogen (secondary N) is 2. The summed E-state index contributed by atoms with van der Waals surface area (Å²) in [6.07, 6.45) is -7.30. The van der Waals surface area contributed by atoms with Crippen molar-refractivity contribution < 1.29 is 31.1 Å². The molecule has 0 spiro atoms. The Morgan fingerprint density at radius 1 is 1.03 bits per heavy atom. The summed E-state index contributed by atoms with van der Waals surface area (Å²) < 4.78 is 84.6. The highest BCUT2D eigenvalue weighted by molar-refractivity contribution is 5.82. The topological polar surface area (TPSA) is 75.7 Å². The molecule has 2 aromatic heterocycles. The number of hydrogen-bond acceptors (Lipinski definition) is 5. The molecule has 1 aromatic carbocycles. The summed E-state index contributed by atoms with van der Waals surface area (Å²) in [5.74, 6) is -1.47. The number of rotatable bonds is 4. The number of H-pyrrole nitrogens is 1. The van der Waals surface area contributed by atoms with Gasteiger partial charge in [0.15, 0.2) is 11.5 Å². The first-order valence-corrected chi connectivity index (χ1v) is 9.36. The third-order valence-electron chi connectivity index (χ3n) is 5.39. The first-order valence-electron chi connectivity index (χ1n) is 9.36. The zero-order chi connectivity index (χ0) is 22.3. The second-order valence-electron chi connectivity index (χ2n) is 7.32. The monoisotopic (exact) mass is 445 g/mol. The Hall–Kier alpha value is -2.89. The van der Waals surface area contributed by atoms with Gasteiger partial charge in [0.25, 0.3) is 0 Å². The van der Waals surface area contributed by atoms with Crippen molar-refractivity contribution in [3.05, 3.63) is 47.5 Å². The second-order valence-corrected chi connectivity index (χ2v) is 7.32. The molecular formula is C19H17F6N5O. The molecule has 2 N–H and O–H groups in total. The first kappa shape index (κ1) is 21.3. The summed E-state index contributed by atoms with van der Waals surface area (Å²) in [4.78, 5) is 13.5. The van der Waals surface area contributed by atoms with E-state index in [0.717, 1.165) is 12.1 Å². The van der Waals surface area contributed by atoms with Crippen LogP contribution < -0.4 is 5.32 Å². The van der Waals surface area contributed by atoms with Gasteiger partial charge in [-0.15, -0.1) is 0 Å². The molecule has 0 aliphatic carbocycles. The average Bonchev–Trinajstić information content (AvgIpc) is 3.20. The highest BCUT2D eigenvalue weighted by Gasteiger charge is 2.39. The zero-order valence-corrected chi connectivity index (χ0v) is 15.9. The molecule has 6 nitrogen and oxygen atoms in total. The van der Waals surface area contributed by atoms with E-state index in [1.807, 2.05) is 0 Å². The van der Waals surface area contributed by atoms with Gasteiger partial charge < -0.3 is 15.0 Å². The van der Waals surface area contributed by atoms with Gasteiger partial charge in [0.05, 0.1) is 11.9 Å². The van der Waals surface area contributed by atoms with Crippen LogP contribution in [0.5, 0.6) is 0 Å². The molecule has 31 heavy (non-hydrogen) atoms. The van der Waals surface area contributed by atoms with Crippen molar-refractivity contribution in [1.82, 2.24) is 19.9 Å². The van der Waals surface area contributed by atoms with E-state index < -0.39 is 29.2 Å². The van der Waals surface area contributed by atoms with Crippen LogP contribution in [-0.4, -0.2) is 39.7 Å². The molecule has 166 valence electrons. The molecule has 0 bridgehead atoms. The van der Waals surface area contributed by atoms with Crippen LogP contribution in [0.15, 0.2) is 30.6 Å². The Bertz CT molecular complexity index is 1070. The zero-order valence-electron chi connectivity index (χ0n) is 15.9. The Morgan fingerprint density at radius 3 is 2.45 bits per heavy atom. The van der Waals surface area contributed by atoms with Crippen molar-refractivity contribution in [3.63, 3.8) is 0 Å². The Morgan fingerprint density at radius 2 is 1.77 bits per heavy atom. The van der Waals surface area contributed by atoms with Crippen LogP contribution in [0.1, 0.15) is 29.8 Å². The maximum absolute atomic E-state index is 13.2. The molecule has 1 aliphatic rings. The lowest BCUT2D eigenvalue weighted by molar-refractivity contribution is -0.144. The van der Waals surface area contributed by atoms with Gasteiger partial charge >= 0.3 is 12.4 Å². The number of fused-ring (bicyclic) bond motifs is 1. The number of nitrogens with zero attached hydrogens (tertiary/aromatic N) is 3. The minimum absolute atomic E-state index is 0.0557. The van der Waals surface area contributed by atoms with E-state index in [2.05, 4.69) is 25.3 Å². The summed E-state index contributed by atoms with van der Waals surface area (Å²) in [5, 5.41) is 2.89. The number of anilines is 1. The van der Waals surface area contributed by atoms with Crippen molar-refractivity contribution in [2.75, 3.05) is 25.1 Å². The summed E-state index contributed by atoms with van der Waals surface area (Å²) in [6.45, 7) is 0.685. The number of aromatic amines is 1. The number of ether oxygens (including phenoxy) is 1. The third-order valence-corrected chi connectivity index (χ3v) is 5.39. The minimum atomic E-state index is -4.78. The summed E-state index contributed by atoms with van der Waals surface area (Å²) >= 11 is 0. The predicted molar refractivity (Wildman–Crippen MR) is 98.4 cm³/mol. The molecule has 0 atom stereocenters. The van der Waals surface area contributed by atoms with Crippen molar-refractivity contribution in [1.29, 1.82) is 0 Å². The van der Waals surface area contributed by atoms with Crippen LogP contribution in [0.25, 0.3) is 11.2 Å². The molecule has 1 aliphatic heterocycles. The highest BCUT2D eigenvalue weighted by Crippen LogP contribution is 2.39. The molecule has 3 heterocycles. The van der Waals surface area contributed by atoms with Gasteiger partial charge in [-0.2, -0.15) is 26.3 Å². The van der Waals surface area contributed by atoms with E-state index in [0.29, 0.717) is 31.6 Å². The molecular weight excluding hydrogens is 428 g/mol. The van der Waals surface area contributed by atoms with Crippen LogP contribution in [-0.2, 0) is 22.5 Å². The lowest BCUT2D eigenvalue weighted by atomic mass is 9.73. The SMILES string of the molecule is FC(F)(F)c1cccc(C2(CNc3nc(C(F)(F)F)nc4nc[nH]c34)CCOCC2)c1. The van der Waals surface area contributed by atoms with Gasteiger partial charge in [-0.3, -0.25) is 0 Å². The van der Waals surface area contributed by atoms with Gasteiger partial charge in [0, 0.05) is 25.2 Å². The summed E-state index contributed by atoms with van der Waals surface area (Å²) in [7, 11) is 0. The largest absolute Gasteiger partial charge is 0.451 e. The number of hydrogen-bond donors (Lipinski definition) is 2. The number of imidazole rings is 1. The van der Waals surface area contributed by atoms with E-state index >= 15 is 0 Å². The first-order chi connectivity index (χ1) is 14.6. The minimum Gasteiger partial charge on any atom is -0.381 e. The van der Waals surface area contributed by atoms with Crippen LogP contribution >= 0.6 is 0 Å². The standard InChI is InChI=1S/C19H17F6N5O/c20-18(21,22)12-3-1-2-11(8-12)17(4-6-31-7-5-17)9-26-14-13-15(28-10-27-13)30-16(29-14)19(23,24)25/h1-3,8,10H,4-7,9H2,(H2,26,27,28,29,30). The molecule has 4 rings (SSSR count). The van der Waals surface area contributed by atoms with Gasteiger partial charge in [-0.05, 0) is 24.5 Å². The normalized spacial score (nSPS) is 17.1. The van der Waals surface area contributed by atoms with Gasteiger partial charge in [0.1, 0.15) is 5.52 Å². The van der Waals surface area contributed by atoms with Gasteiger partial charge in [0.2, 0.25) is 5.82 Å². The van der Waals surface area contributed by atoms with Crippen LogP contribution in [0.2, 0.25) is 0 Å². The van der Waals surface area contributed by atoms with Crippen molar-refractivity contribution in [3.8, 4) is 0 Å². The molecule has 0 unspecified atom stereocenters. The maximum atomic E-state index is 13.2. The van der Waals surface area contributed by atoms with E-state index in [1.165, 1.54) is 12.4 Å². The fraction of sp³-hybridized carbons (Fsp3) is 0.421. The molecule has 3 aromatic rings. The summed E-state index contributed by atoms with van der Waals surface area (Å²) in [6, 6.07) is 4.99. The lowest BCUT2D eigenvalue weighted by Crippen LogP contribution is -2.40. The van der Waals surface area contributed by atoms with Crippen LogP contribution in [0.4, 0.5) is 32.2 Å². The lowest BCUT2D eigenvalue weighted by Gasteiger charge is -2.38. The molecule has 0 saturated carbocycles. The van der Waals surface area contributed by atoms with Crippen molar-refractivity contribution in [2.24, 2.45) is 0 Å². The number of halogens is 6. The van der Waals surface area contributed by atoms with Crippen molar-refractivity contribution >= 4 is 17.0 Å². The Kier molecular flexibility index (Phi) is 5.28. The molecule has 1 fully saturated rings. The average molecular weight is 445 g/mol.